The summed E-state index contributed by atoms with van der Waals surface area (Å²) in [6, 6.07) is 19.3. The van der Waals surface area contributed by atoms with Crippen molar-refractivity contribution in [2.75, 3.05) is 0 Å². The lowest BCUT2D eigenvalue weighted by molar-refractivity contribution is -0.119. The first-order valence-electron chi connectivity index (χ1n) is 16.9. The van der Waals surface area contributed by atoms with Gasteiger partial charge in [0, 0.05) is 17.8 Å². The third-order valence-corrected chi connectivity index (χ3v) is 8.94. The van der Waals surface area contributed by atoms with Gasteiger partial charge in [-0.25, -0.2) is 0 Å². The predicted octanol–water partition coefficient (Wildman–Crippen LogP) is 10.5. The number of aryl methyl sites for hydroxylation is 6. The van der Waals surface area contributed by atoms with Crippen LogP contribution in [-0.2, 0) is 4.79 Å². The standard InChI is InChI=1S/2C14H22O.C14H20O/c3*1-9(2)14(12(5)15)13-8-10(3)6-7-11(13)4/h2*6-9,12,14-15H,1-5H3;6-9,14H,1-5H3/t2*12-,14-;14-/m101/s1. The second-order valence-corrected chi connectivity index (χ2v) is 14.4. The van der Waals surface area contributed by atoms with Crippen LogP contribution in [0, 0.1) is 59.3 Å². The lowest BCUT2D eigenvalue weighted by Gasteiger charge is -2.26. The number of rotatable bonds is 9. The minimum Gasteiger partial charge on any atom is -0.393 e. The van der Waals surface area contributed by atoms with Crippen molar-refractivity contribution < 1.29 is 15.0 Å². The van der Waals surface area contributed by atoms with Gasteiger partial charge in [0.2, 0.25) is 0 Å². The molecule has 0 bridgehead atoms. The van der Waals surface area contributed by atoms with Gasteiger partial charge >= 0.3 is 0 Å². The van der Waals surface area contributed by atoms with Gasteiger partial charge in [0.05, 0.1) is 12.2 Å². The molecular formula is C42H64O3. The molecule has 0 saturated heterocycles. The monoisotopic (exact) mass is 616 g/mol. The number of carbonyl (C=O) groups is 1. The summed E-state index contributed by atoms with van der Waals surface area (Å²) in [4.78, 5) is 11.6. The highest BCUT2D eigenvalue weighted by atomic mass is 16.3. The molecule has 0 spiro atoms. The molecule has 0 aromatic heterocycles. The molecule has 3 aromatic carbocycles. The first-order chi connectivity index (χ1) is 20.8. The summed E-state index contributed by atoms with van der Waals surface area (Å²) in [6.45, 7) is 30.9. The van der Waals surface area contributed by atoms with E-state index in [9.17, 15) is 15.0 Å². The average Bonchev–Trinajstić information content (AvgIpc) is 2.90. The van der Waals surface area contributed by atoms with Crippen molar-refractivity contribution in [1.29, 1.82) is 0 Å². The second-order valence-electron chi connectivity index (χ2n) is 14.4. The molecule has 0 radical (unpaired) electrons. The largest absolute Gasteiger partial charge is 0.393 e. The van der Waals surface area contributed by atoms with Gasteiger partial charge in [-0.15, -0.1) is 0 Å². The maximum atomic E-state index is 11.6. The second kappa shape index (κ2) is 18.4. The first kappa shape index (κ1) is 40.3. The van der Waals surface area contributed by atoms with Gasteiger partial charge < -0.3 is 10.2 Å². The predicted molar refractivity (Wildman–Crippen MR) is 195 cm³/mol. The van der Waals surface area contributed by atoms with Crippen LogP contribution < -0.4 is 0 Å². The number of hydrogen-bond donors (Lipinski definition) is 2. The zero-order valence-corrected chi connectivity index (χ0v) is 31.1. The van der Waals surface area contributed by atoms with Crippen molar-refractivity contribution in [3.8, 4) is 0 Å². The summed E-state index contributed by atoms with van der Waals surface area (Å²) >= 11 is 0. The Bertz CT molecular complexity index is 1260. The van der Waals surface area contributed by atoms with Crippen molar-refractivity contribution in [2.45, 2.75) is 134 Å². The maximum Gasteiger partial charge on any atom is 0.137 e. The highest BCUT2D eigenvalue weighted by Gasteiger charge is 2.24. The number of aliphatic hydroxyl groups excluding tert-OH is 2. The number of Topliss-reactive ketones (excluding diaryl/α,β-unsaturated/α-hetero) is 1. The number of aliphatic hydroxyl groups is 2. The molecule has 3 heteroatoms. The molecule has 0 amide bonds. The van der Waals surface area contributed by atoms with Crippen molar-refractivity contribution in [2.24, 2.45) is 17.8 Å². The van der Waals surface area contributed by atoms with Crippen LogP contribution in [0.3, 0.4) is 0 Å². The van der Waals surface area contributed by atoms with E-state index < -0.39 is 0 Å². The van der Waals surface area contributed by atoms with E-state index in [0.29, 0.717) is 17.8 Å². The van der Waals surface area contributed by atoms with Crippen LogP contribution in [0.15, 0.2) is 54.6 Å². The Morgan fingerprint density at radius 1 is 0.489 bits per heavy atom. The van der Waals surface area contributed by atoms with E-state index in [0.717, 1.165) is 0 Å². The number of carbonyl (C=O) groups excluding carboxylic acids is 1. The molecule has 3 aromatic rings. The topological polar surface area (TPSA) is 57.5 Å². The highest BCUT2D eigenvalue weighted by molar-refractivity contribution is 5.84. The van der Waals surface area contributed by atoms with Crippen LogP contribution in [0.2, 0.25) is 0 Å². The molecule has 0 heterocycles. The van der Waals surface area contributed by atoms with Crippen LogP contribution in [0.4, 0.5) is 0 Å². The van der Waals surface area contributed by atoms with Gasteiger partial charge in [0.15, 0.2) is 0 Å². The van der Waals surface area contributed by atoms with Gasteiger partial charge in [-0.3, -0.25) is 4.79 Å². The fourth-order valence-electron chi connectivity index (χ4n) is 6.73. The number of ketones is 1. The minimum atomic E-state index is -0.287. The fraction of sp³-hybridized carbons (Fsp3) is 0.548. The van der Waals surface area contributed by atoms with E-state index in [4.69, 9.17) is 0 Å². The first-order valence-corrected chi connectivity index (χ1v) is 16.9. The van der Waals surface area contributed by atoms with Crippen LogP contribution >= 0.6 is 0 Å². The van der Waals surface area contributed by atoms with Crippen molar-refractivity contribution in [1.82, 2.24) is 0 Å². The van der Waals surface area contributed by atoms with Gasteiger partial charge in [-0.1, -0.05) is 113 Å². The molecule has 3 nitrogen and oxygen atoms in total. The molecular weight excluding hydrogens is 552 g/mol. The smallest absolute Gasteiger partial charge is 0.137 e. The summed E-state index contributed by atoms with van der Waals surface area (Å²) in [6.07, 6.45) is -0.573. The van der Waals surface area contributed by atoms with E-state index >= 15 is 0 Å². The van der Waals surface area contributed by atoms with E-state index in [-0.39, 0.29) is 35.7 Å². The van der Waals surface area contributed by atoms with Gasteiger partial charge in [-0.2, -0.15) is 0 Å². The quantitative estimate of drug-likeness (QED) is 0.251. The Hall–Kier alpha value is -2.75. The zero-order chi connectivity index (χ0) is 34.8. The lowest BCUT2D eigenvalue weighted by atomic mass is 9.82. The lowest BCUT2D eigenvalue weighted by Crippen LogP contribution is -2.21. The molecule has 2 N–H and O–H groups in total. The molecule has 5 atom stereocenters. The van der Waals surface area contributed by atoms with Crippen LogP contribution in [0.25, 0.3) is 0 Å². The Morgan fingerprint density at radius 2 is 0.778 bits per heavy atom. The molecule has 0 aliphatic carbocycles. The average molecular weight is 617 g/mol. The van der Waals surface area contributed by atoms with Gasteiger partial charge in [0.1, 0.15) is 5.78 Å². The molecule has 0 unspecified atom stereocenters. The van der Waals surface area contributed by atoms with E-state index in [2.05, 4.69) is 138 Å². The molecule has 0 saturated carbocycles. The van der Waals surface area contributed by atoms with Crippen LogP contribution in [-0.4, -0.2) is 28.2 Å². The summed E-state index contributed by atoms with van der Waals surface area (Å²) in [5.41, 5.74) is 11.3. The third kappa shape index (κ3) is 12.2. The summed E-state index contributed by atoms with van der Waals surface area (Å²) < 4.78 is 0. The van der Waals surface area contributed by atoms with E-state index in [1.807, 2.05) is 13.8 Å². The van der Waals surface area contributed by atoms with Crippen molar-refractivity contribution in [3.05, 3.63) is 105 Å². The Morgan fingerprint density at radius 3 is 1.02 bits per heavy atom. The molecule has 45 heavy (non-hydrogen) atoms. The fourth-order valence-corrected chi connectivity index (χ4v) is 6.73. The SMILES string of the molecule is CC(=O)[C@H](c1cc(C)ccc1C)C(C)C.Cc1ccc(C)c([C@@H](C(C)C)[C@H](C)O)c1.Cc1ccc(C)c([C@H](C(C)C)[C@@H](C)O)c1. The molecule has 0 fully saturated rings. The normalized spacial score (nSPS) is 14.6. The van der Waals surface area contributed by atoms with E-state index in [1.165, 1.54) is 50.1 Å². The van der Waals surface area contributed by atoms with Gasteiger partial charge in [0.25, 0.3) is 0 Å². The summed E-state index contributed by atoms with van der Waals surface area (Å²) in [7, 11) is 0. The van der Waals surface area contributed by atoms with Crippen molar-refractivity contribution >= 4 is 5.78 Å². The summed E-state index contributed by atoms with van der Waals surface area (Å²) in [5, 5.41) is 19.7. The Kier molecular flexibility index (Phi) is 16.5. The molecule has 0 aliphatic rings. The molecule has 0 aliphatic heterocycles. The summed E-state index contributed by atoms with van der Waals surface area (Å²) in [5.74, 6) is 2.08. The highest BCUT2D eigenvalue weighted by Crippen LogP contribution is 2.32. The van der Waals surface area contributed by atoms with Crippen molar-refractivity contribution in [3.63, 3.8) is 0 Å². The maximum absolute atomic E-state index is 11.6. The van der Waals surface area contributed by atoms with Crippen LogP contribution in [0.5, 0.6) is 0 Å². The minimum absolute atomic E-state index is 0.0462. The third-order valence-electron chi connectivity index (χ3n) is 8.94. The Balaban J connectivity index is 0.000000337. The number of hydrogen-bond acceptors (Lipinski definition) is 3. The van der Waals surface area contributed by atoms with Crippen LogP contribution in [0.1, 0.15) is 130 Å². The molecule has 3 rings (SSSR count). The Labute approximate surface area is 276 Å². The number of benzene rings is 3. The van der Waals surface area contributed by atoms with E-state index in [1.54, 1.807) is 6.92 Å². The van der Waals surface area contributed by atoms with Gasteiger partial charge in [-0.05, 0) is 113 Å². The molecule has 250 valence electrons. The zero-order valence-electron chi connectivity index (χ0n) is 31.1.